The number of aromatic nitrogens is 1. The van der Waals surface area contributed by atoms with Gasteiger partial charge in [-0.25, -0.2) is 9.78 Å². The molecular weight excluding hydrogens is 254 g/mol. The molecule has 1 saturated heterocycles. The van der Waals surface area contributed by atoms with E-state index in [1.54, 1.807) is 6.92 Å². The molecule has 1 aliphatic rings. The van der Waals surface area contributed by atoms with Gasteiger partial charge in [-0.05, 0) is 26.3 Å². The Morgan fingerprint density at radius 3 is 3.00 bits per heavy atom. The first-order valence-electron chi connectivity index (χ1n) is 5.80. The van der Waals surface area contributed by atoms with Crippen molar-refractivity contribution in [1.29, 1.82) is 0 Å². The molecule has 0 aliphatic carbocycles. The van der Waals surface area contributed by atoms with Crippen LogP contribution in [0.4, 0.5) is 0 Å². The van der Waals surface area contributed by atoms with E-state index in [-0.39, 0.29) is 23.7 Å². The largest absolute Gasteiger partial charge is 0.476 e. The van der Waals surface area contributed by atoms with Crippen molar-refractivity contribution in [3.63, 3.8) is 0 Å². The third kappa shape index (κ3) is 2.85. The average Bonchev–Trinajstić information content (AvgIpc) is 3.00. The number of carboxylic acids is 1. The van der Waals surface area contributed by atoms with Crippen LogP contribution in [0.3, 0.4) is 0 Å². The highest BCUT2D eigenvalue weighted by molar-refractivity contribution is 7.09. The molecule has 1 amide bonds. The monoisotopic (exact) mass is 269 g/mol. The lowest BCUT2D eigenvalue weighted by Crippen LogP contribution is -2.41. The molecule has 2 heterocycles. The van der Waals surface area contributed by atoms with Crippen LogP contribution in [0.1, 0.15) is 41.3 Å². The zero-order chi connectivity index (χ0) is 13.1. The Morgan fingerprint density at radius 2 is 2.44 bits per heavy atom. The van der Waals surface area contributed by atoms with Gasteiger partial charge in [0.25, 0.3) is 0 Å². The zero-order valence-electron chi connectivity index (χ0n) is 9.97. The molecule has 2 unspecified atom stereocenters. The number of thiazole rings is 1. The van der Waals surface area contributed by atoms with Gasteiger partial charge in [0.05, 0.1) is 12.1 Å². The van der Waals surface area contributed by atoms with E-state index in [0.717, 1.165) is 19.4 Å². The van der Waals surface area contributed by atoms with Crippen LogP contribution in [0.15, 0.2) is 5.38 Å². The highest BCUT2D eigenvalue weighted by Crippen LogP contribution is 2.18. The number of rotatable bonds is 4. The second kappa shape index (κ2) is 5.45. The average molecular weight is 269 g/mol. The molecule has 0 bridgehead atoms. The van der Waals surface area contributed by atoms with Gasteiger partial charge in [0.1, 0.15) is 5.01 Å². The summed E-state index contributed by atoms with van der Waals surface area (Å²) in [5.74, 6) is -1.10. The number of carbonyl (C=O) groups excluding carboxylic acids is 1. The summed E-state index contributed by atoms with van der Waals surface area (Å²) in [7, 11) is 0. The lowest BCUT2D eigenvalue weighted by Gasteiger charge is -2.15. The summed E-state index contributed by atoms with van der Waals surface area (Å²) >= 11 is 1.24. The molecule has 0 aromatic carbocycles. The fourth-order valence-electron chi connectivity index (χ4n) is 1.87. The van der Waals surface area contributed by atoms with E-state index >= 15 is 0 Å². The Hall–Kier alpha value is -1.47. The summed E-state index contributed by atoms with van der Waals surface area (Å²) in [5, 5.41) is 16.8. The molecule has 0 spiro atoms. The maximum Gasteiger partial charge on any atom is 0.355 e. The van der Waals surface area contributed by atoms with Gasteiger partial charge in [0, 0.05) is 5.38 Å². The molecule has 0 saturated carbocycles. The van der Waals surface area contributed by atoms with Gasteiger partial charge in [-0.1, -0.05) is 0 Å². The van der Waals surface area contributed by atoms with Gasteiger partial charge in [-0.2, -0.15) is 0 Å². The third-order valence-corrected chi connectivity index (χ3v) is 3.87. The number of nitrogens with zero attached hydrogens (tertiary/aromatic N) is 1. The van der Waals surface area contributed by atoms with Crippen LogP contribution in [0, 0.1) is 0 Å². The minimum Gasteiger partial charge on any atom is -0.476 e. The number of aromatic carboxylic acids is 1. The van der Waals surface area contributed by atoms with E-state index in [9.17, 15) is 9.59 Å². The van der Waals surface area contributed by atoms with Gasteiger partial charge in [0.2, 0.25) is 5.91 Å². The maximum absolute atomic E-state index is 11.9. The summed E-state index contributed by atoms with van der Waals surface area (Å²) < 4.78 is 0. The Labute approximate surface area is 108 Å². The highest BCUT2D eigenvalue weighted by Gasteiger charge is 2.24. The number of carbonyl (C=O) groups is 2. The quantitative estimate of drug-likeness (QED) is 0.751. The molecule has 1 aromatic rings. The maximum atomic E-state index is 11.9. The van der Waals surface area contributed by atoms with Crippen molar-refractivity contribution >= 4 is 23.2 Å². The van der Waals surface area contributed by atoms with Crippen molar-refractivity contribution in [2.75, 3.05) is 6.54 Å². The van der Waals surface area contributed by atoms with Crippen molar-refractivity contribution in [3.8, 4) is 0 Å². The Balaban J connectivity index is 1.95. The van der Waals surface area contributed by atoms with E-state index in [1.165, 1.54) is 16.7 Å². The SMILES string of the molecule is CC(NC(=O)C1CCCN1)c1nc(C(=O)O)cs1. The number of hydrogen-bond acceptors (Lipinski definition) is 5. The summed E-state index contributed by atoms with van der Waals surface area (Å²) in [6.07, 6.45) is 1.85. The number of carboxylic acid groups (broad SMARTS) is 1. The van der Waals surface area contributed by atoms with Gasteiger partial charge in [-0.15, -0.1) is 11.3 Å². The van der Waals surface area contributed by atoms with Crippen molar-refractivity contribution in [2.45, 2.75) is 31.8 Å². The van der Waals surface area contributed by atoms with E-state index in [1.807, 2.05) is 0 Å². The Kier molecular flexibility index (Phi) is 3.93. The van der Waals surface area contributed by atoms with Crippen molar-refractivity contribution in [3.05, 3.63) is 16.1 Å². The topological polar surface area (TPSA) is 91.3 Å². The fraction of sp³-hybridized carbons (Fsp3) is 0.545. The molecule has 2 rings (SSSR count). The summed E-state index contributed by atoms with van der Waals surface area (Å²) in [6.45, 7) is 2.67. The normalized spacial score (nSPS) is 20.6. The molecule has 2 atom stereocenters. The second-order valence-electron chi connectivity index (χ2n) is 4.26. The van der Waals surface area contributed by atoms with Crippen LogP contribution in [-0.2, 0) is 4.79 Å². The third-order valence-electron chi connectivity index (χ3n) is 2.85. The van der Waals surface area contributed by atoms with Crippen molar-refractivity contribution < 1.29 is 14.7 Å². The van der Waals surface area contributed by atoms with E-state index < -0.39 is 5.97 Å². The lowest BCUT2D eigenvalue weighted by atomic mass is 10.2. The first-order chi connectivity index (χ1) is 8.58. The van der Waals surface area contributed by atoms with Crippen LogP contribution in [-0.4, -0.2) is 34.6 Å². The Morgan fingerprint density at radius 1 is 1.67 bits per heavy atom. The van der Waals surface area contributed by atoms with Crippen LogP contribution < -0.4 is 10.6 Å². The van der Waals surface area contributed by atoms with Gasteiger partial charge < -0.3 is 15.7 Å². The van der Waals surface area contributed by atoms with Crippen LogP contribution in [0.25, 0.3) is 0 Å². The molecule has 7 heteroatoms. The first-order valence-corrected chi connectivity index (χ1v) is 6.68. The molecule has 0 radical (unpaired) electrons. The van der Waals surface area contributed by atoms with Crippen LogP contribution >= 0.6 is 11.3 Å². The predicted octanol–water partition coefficient (Wildman–Crippen LogP) is 0.770. The number of hydrogen-bond donors (Lipinski definition) is 3. The molecular formula is C11H15N3O3S. The second-order valence-corrected chi connectivity index (χ2v) is 5.15. The number of amides is 1. The molecule has 6 nitrogen and oxygen atoms in total. The predicted molar refractivity (Wildman–Crippen MR) is 66.7 cm³/mol. The molecule has 1 fully saturated rings. The van der Waals surface area contributed by atoms with E-state index in [2.05, 4.69) is 15.6 Å². The first kappa shape index (κ1) is 13.0. The van der Waals surface area contributed by atoms with Crippen LogP contribution in [0.5, 0.6) is 0 Å². The fourth-order valence-corrected chi connectivity index (χ4v) is 2.67. The molecule has 1 aromatic heterocycles. The number of nitrogens with one attached hydrogen (secondary N) is 2. The van der Waals surface area contributed by atoms with E-state index in [0.29, 0.717) is 5.01 Å². The van der Waals surface area contributed by atoms with Crippen molar-refractivity contribution in [2.24, 2.45) is 0 Å². The lowest BCUT2D eigenvalue weighted by molar-refractivity contribution is -0.123. The molecule has 3 N–H and O–H groups in total. The molecule has 98 valence electrons. The minimum absolute atomic E-state index is 0.0232. The Bertz CT molecular complexity index is 454. The summed E-state index contributed by atoms with van der Waals surface area (Å²) in [5.41, 5.74) is 0.0232. The summed E-state index contributed by atoms with van der Waals surface area (Å²) in [6, 6.07) is -0.399. The zero-order valence-corrected chi connectivity index (χ0v) is 10.8. The van der Waals surface area contributed by atoms with Crippen LogP contribution in [0.2, 0.25) is 0 Å². The van der Waals surface area contributed by atoms with Gasteiger partial charge >= 0.3 is 5.97 Å². The van der Waals surface area contributed by atoms with Gasteiger partial charge in [-0.3, -0.25) is 4.79 Å². The van der Waals surface area contributed by atoms with Crippen molar-refractivity contribution in [1.82, 2.24) is 15.6 Å². The van der Waals surface area contributed by atoms with Gasteiger partial charge in [0.15, 0.2) is 5.69 Å². The highest BCUT2D eigenvalue weighted by atomic mass is 32.1. The van der Waals surface area contributed by atoms with E-state index in [4.69, 9.17) is 5.11 Å². The molecule has 18 heavy (non-hydrogen) atoms. The standard InChI is InChI=1S/C11H15N3O3S/c1-6(10-14-8(5-18-10)11(16)17)13-9(15)7-3-2-4-12-7/h5-7,12H,2-4H2,1H3,(H,13,15)(H,16,17). The summed E-state index contributed by atoms with van der Waals surface area (Å²) in [4.78, 5) is 26.5. The smallest absolute Gasteiger partial charge is 0.355 e. The molecule has 1 aliphatic heterocycles. The minimum atomic E-state index is -1.05.